The lowest BCUT2D eigenvalue weighted by Crippen LogP contribution is -2.14. The number of thiol groups is 2. The summed E-state index contributed by atoms with van der Waals surface area (Å²) in [5.74, 6) is 0.362. The van der Waals surface area contributed by atoms with E-state index in [0.717, 1.165) is 22.2 Å². The number of pyridine rings is 1. The zero-order valence-electron chi connectivity index (χ0n) is 10.2. The van der Waals surface area contributed by atoms with Crippen LogP contribution in [0.4, 0.5) is 4.39 Å². The second-order valence-corrected chi connectivity index (χ2v) is 5.76. The lowest BCUT2D eigenvalue weighted by atomic mass is 10.0. The number of aromatic nitrogens is 2. The van der Waals surface area contributed by atoms with E-state index in [2.05, 4.69) is 35.2 Å². The number of nitrogens with one attached hydrogen (secondary N) is 1. The molecule has 0 aliphatic rings. The third kappa shape index (κ3) is 2.76. The van der Waals surface area contributed by atoms with Crippen molar-refractivity contribution in [3.63, 3.8) is 0 Å². The van der Waals surface area contributed by atoms with Crippen LogP contribution >= 0.6 is 25.3 Å². The van der Waals surface area contributed by atoms with E-state index in [-0.39, 0.29) is 0 Å². The van der Waals surface area contributed by atoms with Crippen molar-refractivity contribution in [2.75, 3.05) is 0 Å². The minimum atomic E-state index is -2.29. The topological polar surface area (TPSA) is 37.9 Å². The number of halogens is 1. The van der Waals surface area contributed by atoms with E-state index in [4.69, 9.17) is 4.74 Å². The van der Waals surface area contributed by atoms with Gasteiger partial charge in [-0.2, -0.15) is 4.39 Å². The third-order valence-electron chi connectivity index (χ3n) is 2.87. The molecule has 2 aromatic heterocycles. The first-order valence-electron chi connectivity index (χ1n) is 5.88. The molecular weight excluding hydrogens is 295 g/mol. The zero-order chi connectivity index (χ0) is 14.2. The number of rotatable bonds is 3. The Hall–Kier alpha value is -1.66. The first-order valence-corrected chi connectivity index (χ1v) is 6.77. The van der Waals surface area contributed by atoms with Crippen molar-refractivity contribution in [2.24, 2.45) is 0 Å². The molecule has 3 aromatic rings. The minimum Gasteiger partial charge on any atom is -0.441 e. The van der Waals surface area contributed by atoms with Gasteiger partial charge in [-0.05, 0) is 35.4 Å². The Morgan fingerprint density at radius 2 is 1.85 bits per heavy atom. The molecule has 0 saturated heterocycles. The van der Waals surface area contributed by atoms with Crippen molar-refractivity contribution in [1.82, 2.24) is 9.97 Å². The summed E-state index contributed by atoms with van der Waals surface area (Å²) < 4.78 is 15.8. The molecule has 3 nitrogen and oxygen atoms in total. The fraction of sp³-hybridized carbons (Fsp3) is 0.0714. The number of fused-ring (bicyclic) bond motifs is 1. The van der Waals surface area contributed by atoms with E-state index in [9.17, 15) is 4.39 Å². The van der Waals surface area contributed by atoms with E-state index in [1.165, 1.54) is 0 Å². The average molecular weight is 306 g/mol. The van der Waals surface area contributed by atoms with Crippen LogP contribution in [0.15, 0.2) is 48.8 Å². The van der Waals surface area contributed by atoms with Crippen molar-refractivity contribution >= 4 is 36.3 Å². The SMILES string of the molecule is FC(S)(S)Oc1ccc(-c2ccnc3[nH]ccc23)cc1. The van der Waals surface area contributed by atoms with Gasteiger partial charge >= 0.3 is 4.52 Å². The Morgan fingerprint density at radius 1 is 1.10 bits per heavy atom. The third-order valence-corrected chi connectivity index (χ3v) is 3.06. The number of alkyl halides is 1. The molecule has 1 aromatic carbocycles. The van der Waals surface area contributed by atoms with Crippen molar-refractivity contribution in [1.29, 1.82) is 0 Å². The Morgan fingerprint density at radius 3 is 2.55 bits per heavy atom. The smallest absolute Gasteiger partial charge is 0.342 e. The molecule has 2 heterocycles. The Bertz CT molecular complexity index is 735. The monoisotopic (exact) mass is 306 g/mol. The van der Waals surface area contributed by atoms with Gasteiger partial charge in [0.15, 0.2) is 0 Å². The molecule has 102 valence electrons. The summed E-state index contributed by atoms with van der Waals surface area (Å²) in [6, 6.07) is 11.0. The van der Waals surface area contributed by atoms with Crippen LogP contribution in [0.25, 0.3) is 22.2 Å². The van der Waals surface area contributed by atoms with E-state index >= 15 is 0 Å². The summed E-state index contributed by atoms with van der Waals surface area (Å²) in [5.41, 5.74) is 2.87. The van der Waals surface area contributed by atoms with E-state index in [1.807, 2.05) is 30.5 Å². The molecule has 0 fully saturated rings. The summed E-state index contributed by atoms with van der Waals surface area (Å²) in [7, 11) is 0. The fourth-order valence-electron chi connectivity index (χ4n) is 2.07. The molecule has 0 radical (unpaired) electrons. The van der Waals surface area contributed by atoms with Crippen LogP contribution in [0, 0.1) is 0 Å². The first-order chi connectivity index (χ1) is 9.53. The van der Waals surface area contributed by atoms with E-state index in [1.54, 1.807) is 18.3 Å². The molecule has 3 rings (SSSR count). The van der Waals surface area contributed by atoms with Gasteiger partial charge in [0.2, 0.25) is 0 Å². The second kappa shape index (κ2) is 5.03. The zero-order valence-corrected chi connectivity index (χ0v) is 12.0. The van der Waals surface area contributed by atoms with Gasteiger partial charge in [-0.3, -0.25) is 0 Å². The Balaban J connectivity index is 1.97. The van der Waals surface area contributed by atoms with Crippen LogP contribution < -0.4 is 4.74 Å². The number of benzene rings is 1. The van der Waals surface area contributed by atoms with Crippen molar-refractivity contribution in [3.05, 3.63) is 48.8 Å². The molecule has 0 saturated carbocycles. The standard InChI is InChI=1S/C14H11FN2OS2/c15-14(19,20)18-10-3-1-9(2-4-10)11-5-7-16-13-12(11)6-8-17-13/h1-8,19-20H,(H,16,17). The van der Waals surface area contributed by atoms with Gasteiger partial charge in [0.05, 0.1) is 0 Å². The molecule has 0 aliphatic carbocycles. The summed E-state index contributed by atoms with van der Waals surface area (Å²) in [5, 5.41) is 1.03. The molecule has 1 N–H and O–H groups in total. The molecule has 0 atom stereocenters. The summed E-state index contributed by atoms with van der Waals surface area (Å²) in [6.07, 6.45) is 3.59. The molecule has 0 aliphatic heterocycles. The van der Waals surface area contributed by atoms with Crippen LogP contribution in [-0.4, -0.2) is 14.5 Å². The molecule has 20 heavy (non-hydrogen) atoms. The van der Waals surface area contributed by atoms with Gasteiger partial charge in [-0.1, -0.05) is 37.4 Å². The fourth-order valence-corrected chi connectivity index (χ4v) is 2.28. The van der Waals surface area contributed by atoms with Crippen molar-refractivity contribution < 1.29 is 9.13 Å². The van der Waals surface area contributed by atoms with Gasteiger partial charge in [-0.15, -0.1) is 0 Å². The van der Waals surface area contributed by atoms with Gasteiger partial charge in [0, 0.05) is 17.8 Å². The highest BCUT2D eigenvalue weighted by molar-refractivity contribution is 8.00. The normalized spacial score (nSPS) is 11.8. The Kier molecular flexibility index (Phi) is 3.35. The minimum absolute atomic E-state index is 0.362. The summed E-state index contributed by atoms with van der Waals surface area (Å²) >= 11 is 7.13. The van der Waals surface area contributed by atoms with Crippen LogP contribution in [0.5, 0.6) is 5.75 Å². The molecule has 0 spiro atoms. The van der Waals surface area contributed by atoms with Crippen LogP contribution in [0.3, 0.4) is 0 Å². The number of aromatic amines is 1. The largest absolute Gasteiger partial charge is 0.441 e. The quantitative estimate of drug-likeness (QED) is 0.504. The molecule has 6 heteroatoms. The maximum absolute atomic E-state index is 13.2. The highest BCUT2D eigenvalue weighted by Crippen LogP contribution is 2.31. The van der Waals surface area contributed by atoms with Crippen molar-refractivity contribution in [3.8, 4) is 16.9 Å². The second-order valence-electron chi connectivity index (χ2n) is 4.25. The number of hydrogen-bond donors (Lipinski definition) is 3. The highest BCUT2D eigenvalue weighted by Gasteiger charge is 2.19. The van der Waals surface area contributed by atoms with Crippen LogP contribution in [0.2, 0.25) is 0 Å². The van der Waals surface area contributed by atoms with Crippen LogP contribution in [-0.2, 0) is 0 Å². The highest BCUT2D eigenvalue weighted by atomic mass is 32.2. The predicted octanol–water partition coefficient (Wildman–Crippen LogP) is 4.05. The summed E-state index contributed by atoms with van der Waals surface area (Å²) in [6.45, 7) is 0. The number of H-pyrrole nitrogens is 1. The van der Waals surface area contributed by atoms with Gasteiger partial charge < -0.3 is 9.72 Å². The van der Waals surface area contributed by atoms with Gasteiger partial charge in [-0.25, -0.2) is 4.98 Å². The Labute approximate surface area is 126 Å². The predicted molar refractivity (Wildman–Crippen MR) is 84.0 cm³/mol. The van der Waals surface area contributed by atoms with Crippen LogP contribution in [0.1, 0.15) is 0 Å². The van der Waals surface area contributed by atoms with Gasteiger partial charge in [0.25, 0.3) is 0 Å². The maximum atomic E-state index is 13.2. The lowest BCUT2D eigenvalue weighted by molar-refractivity contribution is 0.124. The van der Waals surface area contributed by atoms with E-state index < -0.39 is 4.52 Å². The number of ether oxygens (including phenoxy) is 1. The maximum Gasteiger partial charge on any atom is 0.342 e. The number of hydrogen-bond acceptors (Lipinski definition) is 4. The molecule has 0 bridgehead atoms. The molecular formula is C14H11FN2OS2. The van der Waals surface area contributed by atoms with Crippen molar-refractivity contribution in [2.45, 2.75) is 4.52 Å². The average Bonchev–Trinajstić information content (AvgIpc) is 2.86. The molecule has 0 unspecified atom stereocenters. The molecule has 0 amide bonds. The summed E-state index contributed by atoms with van der Waals surface area (Å²) in [4.78, 5) is 7.31. The first kappa shape index (κ1) is 13.3. The van der Waals surface area contributed by atoms with Gasteiger partial charge in [0.1, 0.15) is 11.4 Å². The lowest BCUT2D eigenvalue weighted by Gasteiger charge is -2.15. The van der Waals surface area contributed by atoms with E-state index in [0.29, 0.717) is 5.75 Å². The number of nitrogens with zero attached hydrogens (tertiary/aromatic N) is 1.